The minimum atomic E-state index is -0.315. The molecule has 0 spiro atoms. The Kier molecular flexibility index (Phi) is 4.83. The van der Waals surface area contributed by atoms with Crippen LogP contribution in [0.1, 0.15) is 26.0 Å². The Balaban J connectivity index is 2.32. The topological polar surface area (TPSA) is 45.1 Å². The molecule has 0 saturated carbocycles. The minimum Gasteiger partial charge on any atom is -0.396 e. The van der Waals surface area contributed by atoms with Crippen molar-refractivity contribution >= 4 is 0 Å². The van der Waals surface area contributed by atoms with E-state index in [1.54, 1.807) is 6.07 Å². The molecule has 0 bridgehead atoms. The number of aromatic nitrogens is 1. The van der Waals surface area contributed by atoms with E-state index >= 15 is 0 Å². The number of rotatable bonds is 6. The van der Waals surface area contributed by atoms with Gasteiger partial charge in [0.1, 0.15) is 5.82 Å². The highest BCUT2D eigenvalue weighted by Crippen LogP contribution is 2.17. The Labute approximate surface area is 95.7 Å². The molecule has 1 aromatic rings. The number of aliphatic hydroxyl groups excluding tert-OH is 1. The SMILES string of the molecule is CC(C)(CCO)CNCc1ccc(F)cn1. The van der Waals surface area contributed by atoms with E-state index in [-0.39, 0.29) is 17.8 Å². The van der Waals surface area contributed by atoms with Crippen molar-refractivity contribution in [2.75, 3.05) is 13.2 Å². The van der Waals surface area contributed by atoms with Crippen LogP contribution in [0, 0.1) is 11.2 Å². The summed E-state index contributed by atoms with van der Waals surface area (Å²) in [4.78, 5) is 3.96. The van der Waals surface area contributed by atoms with Crippen molar-refractivity contribution in [1.29, 1.82) is 0 Å². The van der Waals surface area contributed by atoms with Crippen molar-refractivity contribution in [1.82, 2.24) is 10.3 Å². The highest BCUT2D eigenvalue weighted by Gasteiger charge is 2.16. The maximum absolute atomic E-state index is 12.6. The van der Waals surface area contributed by atoms with Gasteiger partial charge in [-0.15, -0.1) is 0 Å². The maximum atomic E-state index is 12.6. The molecule has 0 radical (unpaired) electrons. The van der Waals surface area contributed by atoms with Gasteiger partial charge in [-0.25, -0.2) is 4.39 Å². The van der Waals surface area contributed by atoms with E-state index in [2.05, 4.69) is 24.1 Å². The van der Waals surface area contributed by atoms with Crippen LogP contribution in [-0.2, 0) is 6.54 Å². The zero-order valence-electron chi connectivity index (χ0n) is 9.83. The lowest BCUT2D eigenvalue weighted by Gasteiger charge is -2.23. The third-order valence-corrected chi connectivity index (χ3v) is 2.49. The summed E-state index contributed by atoms with van der Waals surface area (Å²) < 4.78 is 12.6. The summed E-state index contributed by atoms with van der Waals surface area (Å²) in [5.74, 6) is -0.315. The van der Waals surface area contributed by atoms with Crippen LogP contribution in [0.5, 0.6) is 0 Å². The zero-order chi connectivity index (χ0) is 12.0. The number of hydrogen-bond acceptors (Lipinski definition) is 3. The van der Waals surface area contributed by atoms with Gasteiger partial charge in [-0.1, -0.05) is 13.8 Å². The smallest absolute Gasteiger partial charge is 0.141 e. The zero-order valence-corrected chi connectivity index (χ0v) is 9.83. The second-order valence-corrected chi connectivity index (χ2v) is 4.71. The van der Waals surface area contributed by atoms with Crippen LogP contribution >= 0.6 is 0 Å². The molecule has 16 heavy (non-hydrogen) atoms. The summed E-state index contributed by atoms with van der Waals surface area (Å²) in [6, 6.07) is 3.07. The third kappa shape index (κ3) is 4.68. The molecule has 1 aromatic heterocycles. The van der Waals surface area contributed by atoms with Gasteiger partial charge in [0, 0.05) is 19.7 Å². The normalized spacial score (nSPS) is 11.8. The van der Waals surface area contributed by atoms with Gasteiger partial charge in [0.15, 0.2) is 0 Å². The van der Waals surface area contributed by atoms with Crippen LogP contribution in [-0.4, -0.2) is 23.2 Å². The maximum Gasteiger partial charge on any atom is 0.141 e. The Hall–Kier alpha value is -1.00. The van der Waals surface area contributed by atoms with Crippen LogP contribution < -0.4 is 5.32 Å². The second-order valence-electron chi connectivity index (χ2n) is 4.71. The molecule has 0 atom stereocenters. The predicted octanol–water partition coefficient (Wildman–Crippen LogP) is 1.72. The molecule has 1 rings (SSSR count). The van der Waals surface area contributed by atoms with Crippen LogP contribution in [0.15, 0.2) is 18.3 Å². The summed E-state index contributed by atoms with van der Waals surface area (Å²) in [6.45, 7) is 5.80. The lowest BCUT2D eigenvalue weighted by molar-refractivity contribution is 0.207. The van der Waals surface area contributed by atoms with Crippen LogP contribution in [0.3, 0.4) is 0 Å². The van der Waals surface area contributed by atoms with E-state index in [9.17, 15) is 4.39 Å². The van der Waals surface area contributed by atoms with E-state index in [0.29, 0.717) is 6.54 Å². The molecule has 0 amide bonds. The van der Waals surface area contributed by atoms with E-state index in [1.165, 1.54) is 12.3 Å². The van der Waals surface area contributed by atoms with E-state index < -0.39 is 0 Å². The summed E-state index contributed by atoms with van der Waals surface area (Å²) in [6.07, 6.45) is 1.98. The molecule has 0 aliphatic rings. The molecule has 0 aliphatic heterocycles. The molecule has 1 heterocycles. The second kappa shape index (κ2) is 5.92. The van der Waals surface area contributed by atoms with E-state index in [1.807, 2.05) is 0 Å². The molecular formula is C12H19FN2O. The highest BCUT2D eigenvalue weighted by molar-refractivity contribution is 5.04. The van der Waals surface area contributed by atoms with Gasteiger partial charge in [0.25, 0.3) is 0 Å². The summed E-state index contributed by atoms with van der Waals surface area (Å²) in [5.41, 5.74) is 0.885. The molecule has 2 N–H and O–H groups in total. The van der Waals surface area contributed by atoms with Gasteiger partial charge in [0.2, 0.25) is 0 Å². The minimum absolute atomic E-state index is 0.0643. The fourth-order valence-corrected chi connectivity index (χ4v) is 1.43. The van der Waals surface area contributed by atoms with E-state index in [4.69, 9.17) is 5.11 Å². The van der Waals surface area contributed by atoms with Gasteiger partial charge in [-0.2, -0.15) is 0 Å². The van der Waals surface area contributed by atoms with Crippen molar-refractivity contribution in [2.24, 2.45) is 5.41 Å². The van der Waals surface area contributed by atoms with Crippen molar-refractivity contribution in [3.8, 4) is 0 Å². The summed E-state index contributed by atoms with van der Waals surface area (Å²) in [5, 5.41) is 12.1. The monoisotopic (exact) mass is 226 g/mol. The lowest BCUT2D eigenvalue weighted by atomic mass is 9.90. The Bertz CT molecular complexity index is 311. The predicted molar refractivity (Wildman–Crippen MR) is 61.4 cm³/mol. The third-order valence-electron chi connectivity index (χ3n) is 2.49. The van der Waals surface area contributed by atoms with E-state index in [0.717, 1.165) is 18.7 Å². The van der Waals surface area contributed by atoms with Gasteiger partial charge in [-0.3, -0.25) is 4.98 Å². The quantitative estimate of drug-likeness (QED) is 0.776. The highest BCUT2D eigenvalue weighted by atomic mass is 19.1. The standard InChI is InChI=1S/C12H19FN2O/c1-12(2,5-6-16)9-14-8-11-4-3-10(13)7-15-11/h3-4,7,14,16H,5-6,8-9H2,1-2H3. The fraction of sp³-hybridized carbons (Fsp3) is 0.583. The largest absolute Gasteiger partial charge is 0.396 e. The van der Waals surface area contributed by atoms with Gasteiger partial charge in [-0.05, 0) is 24.0 Å². The fourth-order valence-electron chi connectivity index (χ4n) is 1.43. The molecule has 90 valence electrons. The van der Waals surface area contributed by atoms with Crippen molar-refractivity contribution in [2.45, 2.75) is 26.8 Å². The number of nitrogens with one attached hydrogen (secondary N) is 1. The number of aliphatic hydroxyl groups is 1. The Morgan fingerprint density at radius 1 is 1.44 bits per heavy atom. The van der Waals surface area contributed by atoms with Crippen molar-refractivity contribution < 1.29 is 9.50 Å². The Morgan fingerprint density at radius 2 is 2.19 bits per heavy atom. The van der Waals surface area contributed by atoms with Crippen molar-refractivity contribution in [3.63, 3.8) is 0 Å². The number of pyridine rings is 1. The average molecular weight is 226 g/mol. The average Bonchev–Trinajstić information content (AvgIpc) is 2.20. The molecule has 0 saturated heterocycles. The first kappa shape index (κ1) is 13.1. The molecule has 3 nitrogen and oxygen atoms in total. The molecule has 0 fully saturated rings. The lowest BCUT2D eigenvalue weighted by Crippen LogP contribution is -2.30. The molecule has 4 heteroatoms. The first-order chi connectivity index (χ1) is 7.53. The van der Waals surface area contributed by atoms with Crippen LogP contribution in [0.2, 0.25) is 0 Å². The summed E-state index contributed by atoms with van der Waals surface area (Å²) in [7, 11) is 0. The Morgan fingerprint density at radius 3 is 2.75 bits per heavy atom. The first-order valence-corrected chi connectivity index (χ1v) is 5.45. The molecule has 0 unspecified atom stereocenters. The number of halogens is 1. The number of hydrogen-bond donors (Lipinski definition) is 2. The summed E-state index contributed by atoms with van der Waals surface area (Å²) >= 11 is 0. The van der Waals surface area contributed by atoms with Crippen molar-refractivity contribution in [3.05, 3.63) is 29.8 Å². The van der Waals surface area contributed by atoms with Crippen LogP contribution in [0.25, 0.3) is 0 Å². The van der Waals surface area contributed by atoms with Gasteiger partial charge in [0.05, 0.1) is 11.9 Å². The van der Waals surface area contributed by atoms with Gasteiger partial charge < -0.3 is 10.4 Å². The molecule has 0 aliphatic carbocycles. The van der Waals surface area contributed by atoms with Gasteiger partial charge >= 0.3 is 0 Å². The molecular weight excluding hydrogens is 207 g/mol. The van der Waals surface area contributed by atoms with Crippen LogP contribution in [0.4, 0.5) is 4.39 Å². The first-order valence-electron chi connectivity index (χ1n) is 5.45. The molecule has 0 aromatic carbocycles. The number of nitrogens with zero attached hydrogens (tertiary/aromatic N) is 1.